The lowest BCUT2D eigenvalue weighted by Crippen LogP contribution is -2.31. The van der Waals surface area contributed by atoms with Gasteiger partial charge in [0.1, 0.15) is 5.83 Å². The summed E-state index contributed by atoms with van der Waals surface area (Å²) in [4.78, 5) is 16.5. The highest BCUT2D eigenvalue weighted by Gasteiger charge is 2.43. The lowest BCUT2D eigenvalue weighted by Gasteiger charge is -2.17. The monoisotopic (exact) mass is 508 g/mol. The van der Waals surface area contributed by atoms with E-state index in [1.165, 1.54) is 54.4 Å². The van der Waals surface area contributed by atoms with Crippen LogP contribution in [0.2, 0.25) is 0 Å². The Bertz CT molecular complexity index is 1420. The van der Waals surface area contributed by atoms with Crippen molar-refractivity contribution < 1.29 is 31.1 Å². The number of halogens is 3. The number of alkyl halides is 2. The van der Waals surface area contributed by atoms with E-state index in [-0.39, 0.29) is 30.1 Å². The van der Waals surface area contributed by atoms with E-state index in [9.17, 15) is 26.4 Å². The molecule has 4 rings (SSSR count). The van der Waals surface area contributed by atoms with Gasteiger partial charge < -0.3 is 15.0 Å². The number of methoxy groups -OCH3 is 1. The van der Waals surface area contributed by atoms with E-state index in [1.54, 1.807) is 6.07 Å². The van der Waals surface area contributed by atoms with Crippen molar-refractivity contribution >= 4 is 27.0 Å². The van der Waals surface area contributed by atoms with Gasteiger partial charge in [-0.3, -0.25) is 0 Å². The van der Waals surface area contributed by atoms with Crippen molar-refractivity contribution in [2.24, 2.45) is 5.73 Å². The molecule has 8 nitrogen and oxygen atoms in total. The number of aromatic nitrogens is 2. The number of fused-ring (bicyclic) bond motifs is 1. The minimum absolute atomic E-state index is 0.0152. The maximum atomic E-state index is 14.1. The number of ether oxygens (including phenoxy) is 1. The number of nitrogens with two attached hydrogens (primary N) is 1. The molecule has 12 heteroatoms. The maximum Gasteiger partial charge on any atom is 0.337 e. The lowest BCUT2D eigenvalue weighted by atomic mass is 10.0. The average Bonchev–Trinajstić information content (AvgIpc) is 3.41. The van der Waals surface area contributed by atoms with Crippen molar-refractivity contribution in [3.8, 4) is 11.1 Å². The molecule has 1 aliphatic rings. The van der Waals surface area contributed by atoms with E-state index in [1.807, 2.05) is 0 Å². The summed E-state index contributed by atoms with van der Waals surface area (Å²) in [5.41, 5.74) is 7.10. The predicted molar refractivity (Wildman–Crippen MR) is 123 cm³/mol. The molecule has 1 fully saturated rings. The highest BCUT2D eigenvalue weighted by atomic mass is 32.2. The Hall–Kier alpha value is -3.22. The number of sulfonamides is 1. The Kier molecular flexibility index (Phi) is 6.71. The number of imidazole rings is 1. The van der Waals surface area contributed by atoms with Gasteiger partial charge in [-0.25, -0.2) is 31.4 Å². The van der Waals surface area contributed by atoms with Gasteiger partial charge in [-0.1, -0.05) is 12.1 Å². The fourth-order valence-electron chi connectivity index (χ4n) is 3.98. The molecule has 1 aliphatic heterocycles. The third-order valence-electron chi connectivity index (χ3n) is 5.72. The molecular formula is C23H23F3N4O4S. The Balaban J connectivity index is 1.83. The Morgan fingerprint density at radius 1 is 1.29 bits per heavy atom. The molecule has 0 aliphatic carbocycles. The molecule has 1 saturated heterocycles. The van der Waals surface area contributed by atoms with Crippen LogP contribution in [0.5, 0.6) is 0 Å². The molecule has 0 radical (unpaired) electrons. The van der Waals surface area contributed by atoms with Crippen LogP contribution in [-0.4, -0.2) is 60.9 Å². The summed E-state index contributed by atoms with van der Waals surface area (Å²) in [6.07, 6.45) is 2.07. The second-order valence-corrected chi connectivity index (χ2v) is 10.1. The van der Waals surface area contributed by atoms with Gasteiger partial charge in [-0.05, 0) is 35.9 Å². The topological polar surface area (TPSA) is 108 Å². The summed E-state index contributed by atoms with van der Waals surface area (Å²) in [5, 5.41) is 0. The van der Waals surface area contributed by atoms with E-state index >= 15 is 0 Å². The molecule has 0 amide bonds. The molecule has 186 valence electrons. The second-order valence-electron chi connectivity index (χ2n) is 8.11. The first-order valence-electron chi connectivity index (χ1n) is 10.7. The second kappa shape index (κ2) is 9.44. The van der Waals surface area contributed by atoms with E-state index < -0.39 is 40.7 Å². The molecule has 0 saturated carbocycles. The Morgan fingerprint density at radius 3 is 2.71 bits per heavy atom. The van der Waals surface area contributed by atoms with Gasteiger partial charge in [0.05, 0.1) is 48.0 Å². The number of hydrogen-bond acceptors (Lipinski definition) is 6. The summed E-state index contributed by atoms with van der Waals surface area (Å²) in [7, 11) is -2.96. The normalized spacial score (nSPS) is 16.7. The van der Waals surface area contributed by atoms with Gasteiger partial charge in [-0.2, -0.15) is 4.31 Å². The number of esters is 1. The van der Waals surface area contributed by atoms with Gasteiger partial charge in [0.15, 0.2) is 0 Å². The van der Waals surface area contributed by atoms with Crippen molar-refractivity contribution in [2.75, 3.05) is 26.7 Å². The molecule has 0 spiro atoms. The number of carbonyl (C=O) groups excluding carboxylic acids is 1. The third kappa shape index (κ3) is 4.95. The SMILES string of the molecule is COC(=O)c1cc(-c2cccc(S(=O)(=O)N3CCC(F)(F)C3)c2)c2ncn(C/C(F)=C/CN)c2c1. The first kappa shape index (κ1) is 24.9. The van der Waals surface area contributed by atoms with Crippen LogP contribution in [0.4, 0.5) is 13.2 Å². The highest BCUT2D eigenvalue weighted by Crippen LogP contribution is 2.34. The van der Waals surface area contributed by atoms with Gasteiger partial charge in [0.25, 0.3) is 5.92 Å². The van der Waals surface area contributed by atoms with Gasteiger partial charge in [-0.15, -0.1) is 0 Å². The molecule has 1 aromatic heterocycles. The summed E-state index contributed by atoms with van der Waals surface area (Å²) < 4.78 is 74.6. The zero-order chi connectivity index (χ0) is 25.4. The van der Waals surface area contributed by atoms with E-state index in [0.29, 0.717) is 22.2 Å². The number of benzene rings is 2. The molecule has 2 aromatic carbocycles. The third-order valence-corrected chi connectivity index (χ3v) is 7.57. The van der Waals surface area contributed by atoms with Crippen LogP contribution in [0.15, 0.2) is 59.5 Å². The van der Waals surface area contributed by atoms with Crippen molar-refractivity contribution in [2.45, 2.75) is 23.8 Å². The fourth-order valence-corrected chi connectivity index (χ4v) is 5.50. The summed E-state index contributed by atoms with van der Waals surface area (Å²) in [5.74, 6) is -4.22. The highest BCUT2D eigenvalue weighted by molar-refractivity contribution is 7.89. The maximum absolute atomic E-state index is 14.1. The number of carbonyl (C=O) groups is 1. The number of nitrogens with zero attached hydrogens (tertiary/aromatic N) is 3. The summed E-state index contributed by atoms with van der Waals surface area (Å²) >= 11 is 0. The molecule has 0 atom stereocenters. The van der Waals surface area contributed by atoms with Crippen LogP contribution in [0, 0.1) is 0 Å². The van der Waals surface area contributed by atoms with E-state index in [4.69, 9.17) is 10.5 Å². The first-order chi connectivity index (χ1) is 16.6. The van der Waals surface area contributed by atoms with Crippen LogP contribution in [0.1, 0.15) is 16.8 Å². The largest absolute Gasteiger partial charge is 0.465 e. The quantitative estimate of drug-likeness (QED) is 0.491. The standard InChI is InChI=1S/C23H23F3N4O4S/c1-34-22(31)16-10-19(21-20(11-16)29(14-28-21)12-17(24)5-7-27)15-3-2-4-18(9-15)35(32,33)30-8-6-23(25,26)13-30/h2-5,9-11,14H,6-8,12-13,27H2,1H3/b17-5-. The van der Waals surface area contributed by atoms with Crippen LogP contribution in [-0.2, 0) is 21.3 Å². The smallest absolute Gasteiger partial charge is 0.337 e. The molecule has 2 heterocycles. The van der Waals surface area contributed by atoms with Crippen molar-refractivity contribution in [3.63, 3.8) is 0 Å². The van der Waals surface area contributed by atoms with E-state index in [2.05, 4.69) is 4.98 Å². The average molecular weight is 509 g/mol. The molecule has 0 unspecified atom stereocenters. The molecule has 35 heavy (non-hydrogen) atoms. The Morgan fingerprint density at radius 2 is 2.06 bits per heavy atom. The summed E-state index contributed by atoms with van der Waals surface area (Å²) in [6.45, 7) is -1.32. The molecule has 2 N–H and O–H groups in total. The number of hydrogen-bond donors (Lipinski definition) is 1. The zero-order valence-electron chi connectivity index (χ0n) is 18.7. The molecular weight excluding hydrogens is 485 g/mol. The van der Waals surface area contributed by atoms with Crippen LogP contribution >= 0.6 is 0 Å². The van der Waals surface area contributed by atoms with Crippen molar-refractivity contribution in [1.82, 2.24) is 13.9 Å². The minimum Gasteiger partial charge on any atom is -0.465 e. The van der Waals surface area contributed by atoms with Crippen molar-refractivity contribution in [1.29, 1.82) is 0 Å². The van der Waals surface area contributed by atoms with Gasteiger partial charge in [0.2, 0.25) is 10.0 Å². The van der Waals surface area contributed by atoms with Gasteiger partial charge >= 0.3 is 5.97 Å². The van der Waals surface area contributed by atoms with Crippen molar-refractivity contribution in [3.05, 3.63) is 60.2 Å². The molecule has 3 aromatic rings. The Labute approximate surface area is 199 Å². The van der Waals surface area contributed by atoms with Crippen LogP contribution in [0.3, 0.4) is 0 Å². The molecule has 0 bridgehead atoms. The minimum atomic E-state index is -4.17. The number of rotatable bonds is 7. The fraction of sp³-hybridized carbons (Fsp3) is 0.304. The van der Waals surface area contributed by atoms with Crippen LogP contribution in [0.25, 0.3) is 22.2 Å². The lowest BCUT2D eigenvalue weighted by molar-refractivity contribution is 0.0183. The summed E-state index contributed by atoms with van der Waals surface area (Å²) in [6, 6.07) is 8.75. The predicted octanol–water partition coefficient (Wildman–Crippen LogP) is 3.33. The van der Waals surface area contributed by atoms with E-state index in [0.717, 1.165) is 4.31 Å². The van der Waals surface area contributed by atoms with Crippen LogP contribution < -0.4 is 5.73 Å². The van der Waals surface area contributed by atoms with Gasteiger partial charge in [0, 0.05) is 25.1 Å². The zero-order valence-corrected chi connectivity index (χ0v) is 19.6. The first-order valence-corrected chi connectivity index (χ1v) is 12.1. The number of allylic oxidation sites excluding steroid dienone is 1.